The standard InChI is InChI=1S/C20H16N4O4S.C14H11BrN4O3S/c21-29(26,27)16-9-6-13(7-10-16)23-24-19-17-11-8-15(12-18(17)22-20(19)25)28-14-4-2-1-3-5-14;15-8-1-6-11-12(7-8)17-14(20)13(11)19-18-9-2-4-10(5-3-9)23(16,21)22/h1-12,22,25H,(H2,21,26,27);1-7,17,20H,(H2,16,21,22). The zero-order chi connectivity index (χ0) is 37.0. The number of rotatable bonds is 8. The number of fused-ring (bicyclic) bond motifs is 2. The number of nitrogens with one attached hydrogen (secondary N) is 2. The highest BCUT2D eigenvalue weighted by Crippen LogP contribution is 2.39. The summed E-state index contributed by atoms with van der Waals surface area (Å²) in [5.74, 6) is 1.07. The first-order valence-corrected chi connectivity index (χ1v) is 18.8. The maximum Gasteiger partial charge on any atom is 0.238 e. The van der Waals surface area contributed by atoms with Crippen LogP contribution >= 0.6 is 15.9 Å². The second-order valence-electron chi connectivity index (χ2n) is 10.9. The Morgan fingerprint density at radius 1 is 0.558 bits per heavy atom. The molecule has 18 heteroatoms. The van der Waals surface area contributed by atoms with Crippen LogP contribution in [0.25, 0.3) is 21.8 Å². The summed E-state index contributed by atoms with van der Waals surface area (Å²) in [5.41, 5.74) is 2.77. The number of azo groups is 2. The molecule has 52 heavy (non-hydrogen) atoms. The van der Waals surface area contributed by atoms with Gasteiger partial charge in [0.25, 0.3) is 0 Å². The van der Waals surface area contributed by atoms with E-state index < -0.39 is 20.0 Å². The number of aromatic amines is 2. The number of primary sulfonamides is 2. The molecule has 15 nitrogen and oxygen atoms in total. The SMILES string of the molecule is NS(=O)(=O)c1ccc(N=Nc2c(O)[nH]c3cc(Br)ccc23)cc1.NS(=O)(=O)c1ccc(N=Nc2c(O)[nH]c3cc(Oc4ccccc4)ccc23)cc1. The molecule has 0 fully saturated rings. The minimum atomic E-state index is -3.77. The molecule has 0 atom stereocenters. The lowest BCUT2D eigenvalue weighted by Crippen LogP contribution is -2.11. The van der Waals surface area contributed by atoms with E-state index in [1.54, 1.807) is 24.3 Å². The second kappa shape index (κ2) is 14.7. The van der Waals surface area contributed by atoms with E-state index in [4.69, 9.17) is 15.0 Å². The van der Waals surface area contributed by atoms with Crippen LogP contribution in [0.15, 0.2) is 150 Å². The highest BCUT2D eigenvalue weighted by Gasteiger charge is 2.13. The lowest BCUT2D eigenvalue weighted by molar-refractivity contribution is 0.459. The van der Waals surface area contributed by atoms with Crippen molar-refractivity contribution in [2.24, 2.45) is 30.7 Å². The van der Waals surface area contributed by atoms with Crippen LogP contribution in [0.2, 0.25) is 0 Å². The van der Waals surface area contributed by atoms with Crippen molar-refractivity contribution in [3.05, 3.63) is 120 Å². The maximum atomic E-state index is 11.3. The summed E-state index contributed by atoms with van der Waals surface area (Å²) in [4.78, 5) is 5.63. The first-order chi connectivity index (χ1) is 24.7. The van der Waals surface area contributed by atoms with Gasteiger partial charge in [0.05, 0.1) is 32.2 Å². The molecule has 0 unspecified atom stereocenters. The normalized spacial score (nSPS) is 12.1. The van der Waals surface area contributed by atoms with Gasteiger partial charge in [-0.3, -0.25) is 0 Å². The van der Waals surface area contributed by atoms with Gasteiger partial charge in [-0.25, -0.2) is 27.1 Å². The molecule has 0 amide bonds. The first-order valence-electron chi connectivity index (χ1n) is 14.9. The molecule has 0 saturated carbocycles. The number of nitrogens with zero attached hydrogens (tertiary/aromatic N) is 4. The average molecular weight is 804 g/mol. The zero-order valence-corrected chi connectivity index (χ0v) is 29.8. The molecule has 2 heterocycles. The number of halogens is 1. The molecule has 5 aromatic carbocycles. The van der Waals surface area contributed by atoms with E-state index in [-0.39, 0.29) is 27.2 Å². The quantitative estimate of drug-likeness (QED) is 0.0817. The van der Waals surface area contributed by atoms with Crippen LogP contribution in [-0.2, 0) is 20.0 Å². The smallest absolute Gasteiger partial charge is 0.238 e. The minimum Gasteiger partial charge on any atom is -0.493 e. The summed E-state index contributed by atoms with van der Waals surface area (Å²) >= 11 is 3.35. The molecule has 0 radical (unpaired) electrons. The molecule has 264 valence electrons. The van der Waals surface area contributed by atoms with Gasteiger partial charge in [-0.2, -0.15) is 10.2 Å². The zero-order valence-electron chi connectivity index (χ0n) is 26.5. The molecule has 2 aromatic heterocycles. The molecule has 8 N–H and O–H groups in total. The number of sulfonamides is 2. The molecule has 0 bridgehead atoms. The predicted octanol–water partition coefficient (Wildman–Crippen LogP) is 8.43. The monoisotopic (exact) mass is 802 g/mol. The molecule has 0 aliphatic rings. The number of hydrogen-bond donors (Lipinski definition) is 6. The van der Waals surface area contributed by atoms with Gasteiger partial charge in [-0.05, 0) is 91.0 Å². The van der Waals surface area contributed by atoms with Gasteiger partial charge in [0.15, 0.2) is 11.4 Å². The molecule has 0 aliphatic carbocycles. The van der Waals surface area contributed by atoms with Crippen LogP contribution in [0.3, 0.4) is 0 Å². The van der Waals surface area contributed by atoms with Crippen molar-refractivity contribution in [2.75, 3.05) is 0 Å². The Morgan fingerprint density at radius 3 is 1.50 bits per heavy atom. The number of H-pyrrole nitrogens is 2. The van der Waals surface area contributed by atoms with Crippen molar-refractivity contribution < 1.29 is 31.8 Å². The Morgan fingerprint density at radius 2 is 1.02 bits per heavy atom. The molecule has 0 spiro atoms. The molecule has 7 aromatic rings. The van der Waals surface area contributed by atoms with E-state index in [2.05, 4.69) is 46.4 Å². The minimum absolute atomic E-state index is 0.00348. The van der Waals surface area contributed by atoms with Crippen LogP contribution < -0.4 is 15.0 Å². The topological polar surface area (TPSA) is 251 Å². The van der Waals surface area contributed by atoms with Crippen LogP contribution in [0, 0.1) is 0 Å². The number of aromatic nitrogens is 2. The van der Waals surface area contributed by atoms with Crippen LogP contribution in [-0.4, -0.2) is 37.0 Å². The highest BCUT2D eigenvalue weighted by molar-refractivity contribution is 9.10. The number of ether oxygens (including phenoxy) is 1. The van der Waals surface area contributed by atoms with E-state index >= 15 is 0 Å². The van der Waals surface area contributed by atoms with Crippen LogP contribution in [0.4, 0.5) is 22.7 Å². The lowest BCUT2D eigenvalue weighted by atomic mass is 10.2. The fourth-order valence-electron chi connectivity index (χ4n) is 4.80. The number of aromatic hydroxyl groups is 2. The molecule has 0 saturated heterocycles. The van der Waals surface area contributed by atoms with Crippen molar-refractivity contribution in [3.8, 4) is 23.3 Å². The Labute approximate surface area is 304 Å². The Kier molecular flexibility index (Phi) is 10.2. The first kappa shape index (κ1) is 35.9. The Bertz CT molecular complexity index is 2680. The lowest BCUT2D eigenvalue weighted by Gasteiger charge is -2.05. The van der Waals surface area contributed by atoms with Crippen molar-refractivity contribution in [2.45, 2.75) is 9.79 Å². The summed E-state index contributed by atoms with van der Waals surface area (Å²) in [5, 5.41) is 47.8. The largest absolute Gasteiger partial charge is 0.493 e. The Hall–Kier alpha value is -5.92. The van der Waals surface area contributed by atoms with E-state index in [9.17, 15) is 27.0 Å². The molecule has 0 aliphatic heterocycles. The number of benzene rings is 5. The third-order valence-electron chi connectivity index (χ3n) is 7.28. The third kappa shape index (κ3) is 8.50. The summed E-state index contributed by atoms with van der Waals surface area (Å²) in [6.07, 6.45) is 0. The summed E-state index contributed by atoms with van der Waals surface area (Å²) in [6, 6.07) is 31.3. The van der Waals surface area contributed by atoms with Gasteiger partial charge in [0.1, 0.15) is 11.5 Å². The van der Waals surface area contributed by atoms with Gasteiger partial charge >= 0.3 is 0 Å². The Balaban J connectivity index is 0.000000183. The molecular formula is C34H27BrN8O7S2. The molecular weight excluding hydrogens is 776 g/mol. The summed E-state index contributed by atoms with van der Waals surface area (Å²) in [6.45, 7) is 0. The third-order valence-corrected chi connectivity index (χ3v) is 9.63. The fraction of sp³-hybridized carbons (Fsp3) is 0. The average Bonchev–Trinajstić information content (AvgIpc) is 3.59. The van der Waals surface area contributed by atoms with Crippen LogP contribution in [0.5, 0.6) is 23.3 Å². The van der Waals surface area contributed by atoms with Gasteiger partial charge in [0, 0.05) is 21.3 Å². The van der Waals surface area contributed by atoms with Crippen molar-refractivity contribution in [1.82, 2.24) is 9.97 Å². The van der Waals surface area contributed by atoms with Gasteiger partial charge in [-0.15, -0.1) is 10.2 Å². The van der Waals surface area contributed by atoms with Crippen LogP contribution in [0.1, 0.15) is 0 Å². The van der Waals surface area contributed by atoms with Crippen molar-refractivity contribution in [1.29, 1.82) is 0 Å². The van der Waals surface area contributed by atoms with Gasteiger partial charge < -0.3 is 24.9 Å². The summed E-state index contributed by atoms with van der Waals surface area (Å²) < 4.78 is 51.6. The van der Waals surface area contributed by atoms with E-state index in [1.165, 1.54) is 48.5 Å². The van der Waals surface area contributed by atoms with Crippen molar-refractivity contribution in [3.63, 3.8) is 0 Å². The summed E-state index contributed by atoms with van der Waals surface area (Å²) in [7, 11) is -7.51. The highest BCUT2D eigenvalue weighted by atomic mass is 79.9. The predicted molar refractivity (Wildman–Crippen MR) is 198 cm³/mol. The van der Waals surface area contributed by atoms with E-state index in [0.717, 1.165) is 15.4 Å². The number of nitrogens with two attached hydrogens (primary N) is 2. The number of para-hydroxylation sites is 1. The maximum absolute atomic E-state index is 11.3. The number of hydrogen-bond acceptors (Lipinski definition) is 11. The van der Waals surface area contributed by atoms with E-state index in [1.807, 2.05) is 42.5 Å². The molecule has 7 rings (SSSR count). The fourth-order valence-corrected chi connectivity index (χ4v) is 6.19. The van der Waals surface area contributed by atoms with E-state index in [0.29, 0.717) is 39.5 Å². The van der Waals surface area contributed by atoms with Crippen molar-refractivity contribution >= 4 is 80.5 Å². The van der Waals surface area contributed by atoms with Gasteiger partial charge in [-0.1, -0.05) is 34.1 Å². The second-order valence-corrected chi connectivity index (χ2v) is 15.0. The van der Waals surface area contributed by atoms with Gasteiger partial charge in [0.2, 0.25) is 31.8 Å².